The van der Waals surface area contributed by atoms with Gasteiger partial charge in [-0.2, -0.15) is 0 Å². The molecule has 0 aliphatic rings. The van der Waals surface area contributed by atoms with Crippen molar-refractivity contribution in [2.45, 2.75) is 6.54 Å². The van der Waals surface area contributed by atoms with Crippen LogP contribution < -0.4 is 0 Å². The SMILES string of the molecule is CN(Cc1ccc2ccccc2c1)C(=O)C(=O)O. The van der Waals surface area contributed by atoms with Crippen LogP contribution in [0.1, 0.15) is 5.56 Å². The summed E-state index contributed by atoms with van der Waals surface area (Å²) in [5.74, 6) is -2.33. The summed E-state index contributed by atoms with van der Waals surface area (Å²) in [5.41, 5.74) is 0.908. The van der Waals surface area contributed by atoms with Gasteiger partial charge in [0.25, 0.3) is 0 Å². The van der Waals surface area contributed by atoms with Crippen LogP contribution in [0.4, 0.5) is 0 Å². The number of hydrogen-bond acceptors (Lipinski definition) is 2. The standard InChI is InChI=1S/C14H13NO3/c1-15(13(16)14(17)18)9-10-6-7-11-4-2-3-5-12(11)8-10/h2-8H,9H2,1H3,(H,17,18). The highest BCUT2D eigenvalue weighted by molar-refractivity contribution is 6.31. The van der Waals surface area contributed by atoms with E-state index >= 15 is 0 Å². The number of fused-ring (bicyclic) bond motifs is 1. The van der Waals surface area contributed by atoms with Crippen LogP contribution in [0.25, 0.3) is 10.8 Å². The number of carboxylic acid groups (broad SMARTS) is 1. The van der Waals surface area contributed by atoms with Gasteiger partial charge in [0.2, 0.25) is 0 Å². The van der Waals surface area contributed by atoms with Crippen LogP contribution in [-0.4, -0.2) is 28.9 Å². The number of hydrogen-bond donors (Lipinski definition) is 1. The molecule has 2 aromatic rings. The van der Waals surface area contributed by atoms with E-state index in [9.17, 15) is 9.59 Å². The number of rotatable bonds is 2. The van der Waals surface area contributed by atoms with E-state index in [0.717, 1.165) is 16.3 Å². The Morgan fingerprint density at radius 3 is 2.44 bits per heavy atom. The second kappa shape index (κ2) is 4.87. The fourth-order valence-corrected chi connectivity index (χ4v) is 1.85. The van der Waals surface area contributed by atoms with Gasteiger partial charge in [-0.15, -0.1) is 0 Å². The first-order valence-electron chi connectivity index (χ1n) is 5.54. The van der Waals surface area contributed by atoms with Gasteiger partial charge in [-0.25, -0.2) is 4.79 Å². The molecule has 4 heteroatoms. The van der Waals surface area contributed by atoms with Crippen LogP contribution in [-0.2, 0) is 16.1 Å². The van der Waals surface area contributed by atoms with Gasteiger partial charge < -0.3 is 10.0 Å². The first-order valence-corrected chi connectivity index (χ1v) is 5.54. The second-order valence-corrected chi connectivity index (χ2v) is 4.15. The first kappa shape index (κ1) is 12.1. The second-order valence-electron chi connectivity index (χ2n) is 4.15. The van der Waals surface area contributed by atoms with E-state index in [-0.39, 0.29) is 6.54 Å². The first-order chi connectivity index (χ1) is 8.58. The van der Waals surface area contributed by atoms with E-state index in [4.69, 9.17) is 5.11 Å². The number of carbonyl (C=O) groups is 2. The summed E-state index contributed by atoms with van der Waals surface area (Å²) >= 11 is 0. The third kappa shape index (κ3) is 2.48. The summed E-state index contributed by atoms with van der Waals surface area (Å²) in [6, 6.07) is 13.7. The predicted molar refractivity (Wildman–Crippen MR) is 68.1 cm³/mol. The third-order valence-corrected chi connectivity index (χ3v) is 2.76. The van der Waals surface area contributed by atoms with Crippen molar-refractivity contribution in [3.63, 3.8) is 0 Å². The molecule has 2 aromatic carbocycles. The average molecular weight is 243 g/mol. The molecule has 0 aliphatic carbocycles. The molecule has 18 heavy (non-hydrogen) atoms. The summed E-state index contributed by atoms with van der Waals surface area (Å²) in [6.45, 7) is 0.288. The van der Waals surface area contributed by atoms with Gasteiger partial charge in [-0.3, -0.25) is 4.79 Å². The lowest BCUT2D eigenvalue weighted by atomic mass is 10.1. The molecule has 0 fully saturated rings. The summed E-state index contributed by atoms with van der Waals surface area (Å²) in [4.78, 5) is 23.0. The van der Waals surface area contributed by atoms with Gasteiger partial charge in [0.05, 0.1) is 0 Å². The fourth-order valence-electron chi connectivity index (χ4n) is 1.85. The topological polar surface area (TPSA) is 57.6 Å². The Balaban J connectivity index is 2.22. The monoisotopic (exact) mass is 243 g/mol. The van der Waals surface area contributed by atoms with Gasteiger partial charge in [-0.1, -0.05) is 36.4 Å². The normalized spacial score (nSPS) is 10.3. The molecule has 2 rings (SSSR count). The van der Waals surface area contributed by atoms with Crippen molar-refractivity contribution in [1.82, 2.24) is 4.90 Å². The zero-order valence-corrected chi connectivity index (χ0v) is 9.96. The molecular formula is C14H13NO3. The zero-order valence-electron chi connectivity index (χ0n) is 9.96. The summed E-state index contributed by atoms with van der Waals surface area (Å²) in [7, 11) is 1.48. The van der Waals surface area contributed by atoms with Gasteiger partial charge >= 0.3 is 11.9 Å². The van der Waals surface area contributed by atoms with Crippen LogP contribution in [0.5, 0.6) is 0 Å². The molecule has 92 valence electrons. The number of carbonyl (C=O) groups excluding carboxylic acids is 1. The summed E-state index contributed by atoms with van der Waals surface area (Å²) < 4.78 is 0. The molecule has 0 atom stereocenters. The lowest BCUT2D eigenvalue weighted by Crippen LogP contribution is -2.32. The van der Waals surface area contributed by atoms with Crippen molar-refractivity contribution in [2.75, 3.05) is 7.05 Å². The van der Waals surface area contributed by atoms with Gasteiger partial charge in [0, 0.05) is 13.6 Å². The molecule has 0 radical (unpaired) electrons. The van der Waals surface area contributed by atoms with Crippen molar-refractivity contribution >= 4 is 22.6 Å². The highest BCUT2D eigenvalue weighted by atomic mass is 16.4. The third-order valence-electron chi connectivity index (χ3n) is 2.76. The lowest BCUT2D eigenvalue weighted by molar-refractivity contribution is -0.155. The molecule has 0 bridgehead atoms. The maximum Gasteiger partial charge on any atom is 0.394 e. The minimum Gasteiger partial charge on any atom is -0.474 e. The average Bonchev–Trinajstić information content (AvgIpc) is 2.37. The zero-order chi connectivity index (χ0) is 13.1. The summed E-state index contributed by atoms with van der Waals surface area (Å²) in [6.07, 6.45) is 0. The molecule has 0 aliphatic heterocycles. The number of likely N-dealkylation sites (N-methyl/N-ethyl adjacent to an activating group) is 1. The maximum absolute atomic E-state index is 11.2. The van der Waals surface area contributed by atoms with Crippen molar-refractivity contribution < 1.29 is 14.7 Å². The quantitative estimate of drug-likeness (QED) is 0.819. The maximum atomic E-state index is 11.2. The van der Waals surface area contributed by atoms with E-state index in [2.05, 4.69) is 0 Å². The molecule has 4 nitrogen and oxygen atoms in total. The van der Waals surface area contributed by atoms with E-state index in [1.807, 2.05) is 42.5 Å². The Labute approximate surface area is 104 Å². The van der Waals surface area contributed by atoms with Gasteiger partial charge in [-0.05, 0) is 22.4 Å². The summed E-state index contributed by atoms with van der Waals surface area (Å²) in [5, 5.41) is 10.8. The van der Waals surface area contributed by atoms with Crippen molar-refractivity contribution in [1.29, 1.82) is 0 Å². The van der Waals surface area contributed by atoms with E-state index in [0.29, 0.717) is 0 Å². The Morgan fingerprint density at radius 2 is 1.78 bits per heavy atom. The lowest BCUT2D eigenvalue weighted by Gasteiger charge is -2.14. The molecule has 0 aromatic heterocycles. The molecule has 0 spiro atoms. The largest absolute Gasteiger partial charge is 0.474 e. The molecule has 0 heterocycles. The smallest absolute Gasteiger partial charge is 0.394 e. The predicted octanol–water partition coefficient (Wildman–Crippen LogP) is 1.88. The van der Waals surface area contributed by atoms with E-state index < -0.39 is 11.9 Å². The van der Waals surface area contributed by atoms with Crippen LogP contribution in [0.2, 0.25) is 0 Å². The molecule has 0 saturated heterocycles. The highest BCUT2D eigenvalue weighted by Gasteiger charge is 2.16. The molecule has 0 unspecified atom stereocenters. The Hall–Kier alpha value is -2.36. The van der Waals surface area contributed by atoms with E-state index in [1.165, 1.54) is 11.9 Å². The van der Waals surface area contributed by atoms with Crippen LogP contribution in [0.15, 0.2) is 42.5 Å². The minimum atomic E-state index is -1.43. The fraction of sp³-hybridized carbons (Fsp3) is 0.143. The van der Waals surface area contributed by atoms with Gasteiger partial charge in [0.1, 0.15) is 0 Å². The van der Waals surface area contributed by atoms with Crippen LogP contribution in [0, 0.1) is 0 Å². The van der Waals surface area contributed by atoms with E-state index in [1.54, 1.807) is 0 Å². The molecule has 1 amide bonds. The van der Waals surface area contributed by atoms with Crippen molar-refractivity contribution in [2.24, 2.45) is 0 Å². The number of benzene rings is 2. The minimum absolute atomic E-state index is 0.288. The number of aliphatic carboxylic acids is 1. The van der Waals surface area contributed by atoms with Crippen molar-refractivity contribution in [3.05, 3.63) is 48.0 Å². The number of amides is 1. The Morgan fingerprint density at radius 1 is 1.11 bits per heavy atom. The Bertz CT molecular complexity index is 607. The molecule has 1 N–H and O–H groups in total. The van der Waals surface area contributed by atoms with Crippen molar-refractivity contribution in [3.8, 4) is 0 Å². The Kier molecular flexibility index (Phi) is 3.28. The van der Waals surface area contributed by atoms with Gasteiger partial charge in [0.15, 0.2) is 0 Å². The molecular weight excluding hydrogens is 230 g/mol. The highest BCUT2D eigenvalue weighted by Crippen LogP contribution is 2.16. The van der Waals surface area contributed by atoms with Crippen LogP contribution in [0.3, 0.4) is 0 Å². The number of carboxylic acids is 1. The number of nitrogens with zero attached hydrogens (tertiary/aromatic N) is 1. The van der Waals surface area contributed by atoms with Crippen LogP contribution >= 0.6 is 0 Å². The molecule has 0 saturated carbocycles.